The Kier molecular flexibility index (Phi) is 5.18. The normalized spacial score (nSPS) is 21.4. The number of nitrogens with two attached hydrogens (primary N) is 1. The summed E-state index contributed by atoms with van der Waals surface area (Å²) in [6, 6.07) is 8.56. The van der Waals surface area contributed by atoms with E-state index >= 15 is 0 Å². The molecule has 9 heteroatoms. The van der Waals surface area contributed by atoms with Gasteiger partial charge in [-0.2, -0.15) is 0 Å². The van der Waals surface area contributed by atoms with Gasteiger partial charge in [-0.1, -0.05) is 18.9 Å². The standard InChI is InChI=1S/C20H25N5O3S/c1-29(27,28)14-6-4-5-13(10-14)23-19-18-12(11-22-20(18)26)9-17(25-19)24-16-8-3-2-7-15(16)21/h4-6,9-10,15-16H,2-3,7-8,11,21H2,1H3,(H,22,26)(H2,23,24,25). The highest BCUT2D eigenvalue weighted by Gasteiger charge is 2.27. The maximum absolute atomic E-state index is 12.3. The molecule has 154 valence electrons. The molecule has 2 heterocycles. The van der Waals surface area contributed by atoms with Gasteiger partial charge in [-0.3, -0.25) is 4.79 Å². The van der Waals surface area contributed by atoms with Crippen molar-refractivity contribution in [3.63, 3.8) is 0 Å². The topological polar surface area (TPSA) is 126 Å². The van der Waals surface area contributed by atoms with Crippen LogP contribution in [-0.2, 0) is 16.4 Å². The molecule has 29 heavy (non-hydrogen) atoms. The van der Waals surface area contributed by atoms with Crippen LogP contribution in [-0.4, -0.2) is 37.6 Å². The Morgan fingerprint density at radius 1 is 1.21 bits per heavy atom. The highest BCUT2D eigenvalue weighted by Crippen LogP contribution is 2.30. The fourth-order valence-electron chi connectivity index (χ4n) is 3.89. The fourth-order valence-corrected chi connectivity index (χ4v) is 4.56. The molecule has 2 unspecified atom stereocenters. The third-order valence-corrected chi connectivity index (χ3v) is 6.56. The number of amides is 1. The Balaban J connectivity index is 1.67. The molecule has 1 saturated carbocycles. The quantitative estimate of drug-likeness (QED) is 0.589. The molecule has 2 atom stereocenters. The lowest BCUT2D eigenvalue weighted by molar-refractivity contribution is 0.0966. The van der Waals surface area contributed by atoms with Crippen molar-refractivity contribution in [1.29, 1.82) is 0 Å². The number of nitrogens with one attached hydrogen (secondary N) is 3. The number of pyridine rings is 1. The molecular formula is C20H25N5O3S. The van der Waals surface area contributed by atoms with Gasteiger partial charge in [-0.25, -0.2) is 13.4 Å². The van der Waals surface area contributed by atoms with Crippen LogP contribution in [0, 0.1) is 0 Å². The zero-order valence-corrected chi connectivity index (χ0v) is 17.1. The largest absolute Gasteiger partial charge is 0.366 e. The number of aromatic nitrogens is 1. The Morgan fingerprint density at radius 3 is 2.76 bits per heavy atom. The number of carbonyl (C=O) groups excluding carboxylic acids is 1. The lowest BCUT2D eigenvalue weighted by atomic mass is 9.91. The van der Waals surface area contributed by atoms with Crippen molar-refractivity contribution in [2.24, 2.45) is 5.73 Å². The first kappa shape index (κ1) is 19.7. The van der Waals surface area contributed by atoms with Gasteiger partial charge < -0.3 is 21.7 Å². The van der Waals surface area contributed by atoms with E-state index in [1.165, 1.54) is 12.1 Å². The van der Waals surface area contributed by atoms with Crippen LogP contribution in [0.3, 0.4) is 0 Å². The average Bonchev–Trinajstić information content (AvgIpc) is 3.04. The van der Waals surface area contributed by atoms with Gasteiger partial charge in [-0.15, -0.1) is 0 Å². The van der Waals surface area contributed by atoms with E-state index in [4.69, 9.17) is 5.73 Å². The molecule has 4 rings (SSSR count). The summed E-state index contributed by atoms with van der Waals surface area (Å²) in [5, 5.41) is 9.37. The van der Waals surface area contributed by atoms with Crippen LogP contribution in [0.5, 0.6) is 0 Å². The monoisotopic (exact) mass is 415 g/mol. The number of hydrogen-bond donors (Lipinski definition) is 4. The first-order valence-corrected chi connectivity index (χ1v) is 11.6. The fraction of sp³-hybridized carbons (Fsp3) is 0.400. The number of rotatable bonds is 5. The zero-order valence-electron chi connectivity index (χ0n) is 16.2. The van der Waals surface area contributed by atoms with Gasteiger partial charge in [0.1, 0.15) is 11.6 Å². The van der Waals surface area contributed by atoms with Gasteiger partial charge in [0, 0.05) is 30.6 Å². The van der Waals surface area contributed by atoms with E-state index in [1.54, 1.807) is 12.1 Å². The molecule has 0 radical (unpaired) electrons. The van der Waals surface area contributed by atoms with Gasteiger partial charge in [0.25, 0.3) is 5.91 Å². The molecule has 2 aromatic rings. The molecule has 5 N–H and O–H groups in total. The first-order chi connectivity index (χ1) is 13.8. The number of carbonyl (C=O) groups is 1. The second-order valence-corrected chi connectivity index (χ2v) is 9.71. The number of anilines is 3. The van der Waals surface area contributed by atoms with Crippen molar-refractivity contribution < 1.29 is 13.2 Å². The lowest BCUT2D eigenvalue weighted by Crippen LogP contribution is -2.42. The number of sulfone groups is 1. The highest BCUT2D eigenvalue weighted by molar-refractivity contribution is 7.90. The van der Waals surface area contributed by atoms with E-state index in [0.717, 1.165) is 37.5 Å². The smallest absolute Gasteiger partial charge is 0.255 e. The zero-order chi connectivity index (χ0) is 20.6. The Bertz CT molecular complexity index is 1050. The van der Waals surface area contributed by atoms with Crippen molar-refractivity contribution >= 4 is 33.1 Å². The molecule has 1 aliphatic carbocycles. The van der Waals surface area contributed by atoms with Crippen LogP contribution in [0.15, 0.2) is 35.2 Å². The summed E-state index contributed by atoms with van der Waals surface area (Å²) >= 11 is 0. The van der Waals surface area contributed by atoms with E-state index < -0.39 is 9.84 Å². The third kappa shape index (κ3) is 4.20. The third-order valence-electron chi connectivity index (χ3n) is 5.45. The number of benzene rings is 1. The molecule has 0 bridgehead atoms. The predicted molar refractivity (Wildman–Crippen MR) is 112 cm³/mol. The van der Waals surface area contributed by atoms with Crippen molar-refractivity contribution in [2.75, 3.05) is 16.9 Å². The Labute approximate surface area is 170 Å². The molecular weight excluding hydrogens is 390 g/mol. The van der Waals surface area contributed by atoms with Gasteiger partial charge in [0.05, 0.1) is 10.5 Å². The lowest BCUT2D eigenvalue weighted by Gasteiger charge is -2.30. The van der Waals surface area contributed by atoms with E-state index in [1.807, 2.05) is 6.07 Å². The Hall–Kier alpha value is -2.65. The van der Waals surface area contributed by atoms with Crippen molar-refractivity contribution in [2.45, 2.75) is 49.2 Å². The van der Waals surface area contributed by atoms with Gasteiger partial charge in [-0.05, 0) is 42.7 Å². The van der Waals surface area contributed by atoms with E-state index in [-0.39, 0.29) is 22.9 Å². The predicted octanol–water partition coefficient (Wildman–Crippen LogP) is 2.15. The molecule has 1 aromatic carbocycles. The Morgan fingerprint density at radius 2 is 2.00 bits per heavy atom. The summed E-state index contributed by atoms with van der Waals surface area (Å²) in [4.78, 5) is 17.2. The average molecular weight is 416 g/mol. The van der Waals surface area contributed by atoms with Crippen LogP contribution in [0.4, 0.5) is 17.3 Å². The van der Waals surface area contributed by atoms with Gasteiger partial charge in [0.15, 0.2) is 9.84 Å². The second kappa shape index (κ2) is 7.64. The van der Waals surface area contributed by atoms with Crippen LogP contribution in [0.1, 0.15) is 41.6 Å². The number of nitrogens with zero attached hydrogens (tertiary/aromatic N) is 1. The number of fused-ring (bicyclic) bond motifs is 1. The van der Waals surface area contributed by atoms with Crippen LogP contribution < -0.4 is 21.7 Å². The molecule has 2 aliphatic rings. The second-order valence-electron chi connectivity index (χ2n) is 7.70. The number of hydrogen-bond acceptors (Lipinski definition) is 7. The van der Waals surface area contributed by atoms with Crippen LogP contribution >= 0.6 is 0 Å². The summed E-state index contributed by atoms with van der Waals surface area (Å²) in [6.45, 7) is 0.431. The van der Waals surface area contributed by atoms with Gasteiger partial charge >= 0.3 is 0 Å². The molecule has 0 saturated heterocycles. The maximum Gasteiger partial charge on any atom is 0.255 e. The molecule has 0 spiro atoms. The van der Waals surface area contributed by atoms with Crippen LogP contribution in [0.25, 0.3) is 0 Å². The molecule has 1 amide bonds. The summed E-state index contributed by atoms with van der Waals surface area (Å²) in [7, 11) is -3.34. The first-order valence-electron chi connectivity index (χ1n) is 9.72. The van der Waals surface area contributed by atoms with Crippen molar-refractivity contribution in [3.05, 3.63) is 41.5 Å². The summed E-state index contributed by atoms with van der Waals surface area (Å²) < 4.78 is 23.7. The highest BCUT2D eigenvalue weighted by atomic mass is 32.2. The van der Waals surface area contributed by atoms with E-state index in [0.29, 0.717) is 29.4 Å². The summed E-state index contributed by atoms with van der Waals surface area (Å²) in [5.41, 5.74) is 8.13. The van der Waals surface area contributed by atoms with Crippen LogP contribution in [0.2, 0.25) is 0 Å². The molecule has 1 fully saturated rings. The molecule has 1 aliphatic heterocycles. The minimum atomic E-state index is -3.34. The minimum absolute atomic E-state index is 0.0708. The minimum Gasteiger partial charge on any atom is -0.366 e. The SMILES string of the molecule is CS(=O)(=O)c1cccc(Nc2nc(NC3CCCCC3N)cc3c2C(=O)NC3)c1. The molecule has 1 aromatic heterocycles. The van der Waals surface area contributed by atoms with Crippen molar-refractivity contribution in [1.82, 2.24) is 10.3 Å². The van der Waals surface area contributed by atoms with Crippen molar-refractivity contribution in [3.8, 4) is 0 Å². The maximum atomic E-state index is 12.3. The summed E-state index contributed by atoms with van der Waals surface area (Å²) in [5.74, 6) is 0.856. The van der Waals surface area contributed by atoms with E-state index in [2.05, 4.69) is 20.9 Å². The summed E-state index contributed by atoms with van der Waals surface area (Å²) in [6.07, 6.45) is 5.38. The van der Waals surface area contributed by atoms with E-state index in [9.17, 15) is 13.2 Å². The molecule has 8 nitrogen and oxygen atoms in total. The van der Waals surface area contributed by atoms with Gasteiger partial charge in [0.2, 0.25) is 0 Å².